The lowest BCUT2D eigenvalue weighted by atomic mass is 9.77. The average molecular weight is 338 g/mol. The molecule has 134 valence electrons. The van der Waals surface area contributed by atoms with Crippen LogP contribution in [0.1, 0.15) is 36.2 Å². The van der Waals surface area contributed by atoms with Gasteiger partial charge in [0.1, 0.15) is 5.82 Å². The fraction of sp³-hybridized carbons (Fsp3) is 0.571. The number of aromatic nitrogens is 2. The van der Waals surface area contributed by atoms with E-state index in [1.54, 1.807) is 0 Å². The van der Waals surface area contributed by atoms with Gasteiger partial charge in [0.15, 0.2) is 0 Å². The molecule has 4 nitrogen and oxygen atoms in total. The topological polar surface area (TPSA) is 24.3 Å². The lowest BCUT2D eigenvalue weighted by Crippen LogP contribution is -2.41. The number of benzene rings is 1. The van der Waals surface area contributed by atoms with Crippen LogP contribution in [0.2, 0.25) is 0 Å². The Hall–Kier alpha value is -1.65. The molecule has 2 aliphatic rings. The minimum absolute atomic E-state index is 0.551. The maximum Gasteiger partial charge on any atom is 0.122 e. The first-order chi connectivity index (χ1) is 12.1. The third-order valence-corrected chi connectivity index (χ3v) is 6.25. The molecule has 0 aliphatic carbocycles. The van der Waals surface area contributed by atoms with Crippen molar-refractivity contribution >= 4 is 0 Å². The van der Waals surface area contributed by atoms with Crippen LogP contribution in [0, 0.1) is 12.3 Å². The summed E-state index contributed by atoms with van der Waals surface area (Å²) in [6, 6.07) is 9.02. The molecule has 3 heterocycles. The number of hydrogen-bond donors (Lipinski definition) is 0. The van der Waals surface area contributed by atoms with E-state index in [9.17, 15) is 0 Å². The smallest absolute Gasteiger partial charge is 0.122 e. The van der Waals surface area contributed by atoms with E-state index in [1.807, 2.05) is 12.4 Å². The zero-order valence-corrected chi connectivity index (χ0v) is 15.6. The summed E-state index contributed by atoms with van der Waals surface area (Å²) in [6.07, 6.45) is 8.00. The summed E-state index contributed by atoms with van der Waals surface area (Å²) in [5.41, 5.74) is 3.35. The quantitative estimate of drug-likeness (QED) is 0.855. The number of imidazole rings is 1. The Morgan fingerprint density at radius 3 is 2.28 bits per heavy atom. The number of likely N-dealkylation sites (tertiary alicyclic amines) is 2. The molecule has 0 amide bonds. The molecule has 0 atom stereocenters. The van der Waals surface area contributed by atoms with Crippen molar-refractivity contribution in [2.75, 3.05) is 26.2 Å². The fourth-order valence-electron chi connectivity index (χ4n) is 4.46. The van der Waals surface area contributed by atoms with Gasteiger partial charge in [-0.1, -0.05) is 29.8 Å². The highest BCUT2D eigenvalue weighted by molar-refractivity contribution is 5.21. The molecule has 2 aromatic rings. The number of hydrogen-bond acceptors (Lipinski definition) is 3. The van der Waals surface area contributed by atoms with Crippen LogP contribution >= 0.6 is 0 Å². The maximum absolute atomic E-state index is 4.49. The molecule has 0 N–H and O–H groups in total. The van der Waals surface area contributed by atoms with Gasteiger partial charge in [-0.05, 0) is 56.8 Å². The van der Waals surface area contributed by atoms with Crippen LogP contribution in [-0.4, -0.2) is 45.5 Å². The molecule has 2 fully saturated rings. The highest BCUT2D eigenvalue weighted by atomic mass is 15.2. The summed E-state index contributed by atoms with van der Waals surface area (Å²) in [7, 11) is 2.09. The van der Waals surface area contributed by atoms with E-state index in [0.717, 1.165) is 13.1 Å². The second kappa shape index (κ2) is 6.93. The van der Waals surface area contributed by atoms with Gasteiger partial charge in [-0.15, -0.1) is 0 Å². The molecular weight excluding hydrogens is 308 g/mol. The maximum atomic E-state index is 4.49. The number of piperidine rings is 1. The van der Waals surface area contributed by atoms with Crippen molar-refractivity contribution < 1.29 is 0 Å². The Kier molecular flexibility index (Phi) is 4.65. The van der Waals surface area contributed by atoms with Gasteiger partial charge in [0.2, 0.25) is 0 Å². The minimum Gasteiger partial charge on any atom is -0.337 e. The monoisotopic (exact) mass is 338 g/mol. The van der Waals surface area contributed by atoms with Crippen LogP contribution in [-0.2, 0) is 20.1 Å². The summed E-state index contributed by atoms with van der Waals surface area (Å²) in [6.45, 7) is 9.22. The first-order valence-corrected chi connectivity index (χ1v) is 9.58. The van der Waals surface area contributed by atoms with Gasteiger partial charge in [-0.3, -0.25) is 9.80 Å². The molecule has 2 aliphatic heterocycles. The minimum atomic E-state index is 0.551. The van der Waals surface area contributed by atoms with E-state index in [2.05, 4.69) is 57.6 Å². The van der Waals surface area contributed by atoms with Gasteiger partial charge in [-0.25, -0.2) is 4.98 Å². The van der Waals surface area contributed by atoms with Crippen LogP contribution in [0.5, 0.6) is 0 Å². The van der Waals surface area contributed by atoms with Gasteiger partial charge < -0.3 is 4.57 Å². The lowest BCUT2D eigenvalue weighted by molar-refractivity contribution is 0.101. The zero-order valence-electron chi connectivity index (χ0n) is 15.6. The molecule has 1 spiro atoms. The van der Waals surface area contributed by atoms with Gasteiger partial charge in [0, 0.05) is 32.5 Å². The van der Waals surface area contributed by atoms with E-state index >= 15 is 0 Å². The van der Waals surface area contributed by atoms with Crippen LogP contribution in [0.4, 0.5) is 0 Å². The molecule has 4 rings (SSSR count). The standard InChI is InChI=1S/C21H30N4/c1-18-3-5-19(6-4-18)15-24-11-7-21(8-12-24)9-13-25(17-21)16-20-22-10-14-23(20)2/h3-6,10,14H,7-9,11-13,15-17H2,1-2H3. The van der Waals surface area contributed by atoms with Crippen molar-refractivity contribution in [3.8, 4) is 0 Å². The van der Waals surface area contributed by atoms with Crippen molar-refractivity contribution in [3.05, 3.63) is 53.6 Å². The van der Waals surface area contributed by atoms with Crippen molar-refractivity contribution in [1.29, 1.82) is 0 Å². The second-order valence-corrected chi connectivity index (χ2v) is 8.18. The first-order valence-electron chi connectivity index (χ1n) is 9.58. The predicted molar refractivity (Wildman–Crippen MR) is 101 cm³/mol. The number of nitrogens with zero attached hydrogens (tertiary/aromatic N) is 4. The van der Waals surface area contributed by atoms with Crippen LogP contribution in [0.3, 0.4) is 0 Å². The number of rotatable bonds is 4. The third kappa shape index (κ3) is 3.80. The van der Waals surface area contributed by atoms with E-state index in [-0.39, 0.29) is 0 Å². The molecule has 1 aromatic heterocycles. The summed E-state index contributed by atoms with van der Waals surface area (Å²) in [4.78, 5) is 9.74. The molecule has 4 heteroatoms. The molecular formula is C21H30N4. The Bertz CT molecular complexity index is 695. The van der Waals surface area contributed by atoms with Crippen molar-refractivity contribution in [3.63, 3.8) is 0 Å². The molecule has 0 saturated carbocycles. The van der Waals surface area contributed by atoms with Crippen LogP contribution in [0.15, 0.2) is 36.7 Å². The van der Waals surface area contributed by atoms with Crippen molar-refractivity contribution in [2.45, 2.75) is 39.3 Å². The molecule has 0 radical (unpaired) electrons. The van der Waals surface area contributed by atoms with E-state index < -0.39 is 0 Å². The Morgan fingerprint density at radius 2 is 1.64 bits per heavy atom. The SMILES string of the molecule is Cc1ccc(CN2CCC3(CC2)CCN(Cc2nccn2C)C3)cc1. The summed E-state index contributed by atoms with van der Waals surface area (Å²) >= 11 is 0. The molecule has 25 heavy (non-hydrogen) atoms. The Labute approximate surface area is 151 Å². The number of aryl methyl sites for hydroxylation is 2. The molecule has 0 bridgehead atoms. The van der Waals surface area contributed by atoms with Crippen LogP contribution < -0.4 is 0 Å². The Morgan fingerprint density at radius 1 is 0.960 bits per heavy atom. The summed E-state index contributed by atoms with van der Waals surface area (Å²) in [5.74, 6) is 1.19. The largest absolute Gasteiger partial charge is 0.337 e. The highest BCUT2D eigenvalue weighted by Crippen LogP contribution is 2.40. The second-order valence-electron chi connectivity index (χ2n) is 8.18. The van der Waals surface area contributed by atoms with Gasteiger partial charge in [0.05, 0.1) is 6.54 Å². The van der Waals surface area contributed by atoms with Gasteiger partial charge in [-0.2, -0.15) is 0 Å². The van der Waals surface area contributed by atoms with E-state index in [0.29, 0.717) is 5.41 Å². The Balaban J connectivity index is 1.29. The molecule has 0 unspecified atom stereocenters. The van der Waals surface area contributed by atoms with Gasteiger partial charge in [0.25, 0.3) is 0 Å². The predicted octanol–water partition coefficient (Wildman–Crippen LogP) is 3.22. The summed E-state index contributed by atoms with van der Waals surface area (Å²) in [5, 5.41) is 0. The molecule has 2 saturated heterocycles. The zero-order chi connectivity index (χ0) is 17.3. The third-order valence-electron chi connectivity index (χ3n) is 6.25. The van der Waals surface area contributed by atoms with E-state index in [1.165, 1.54) is 62.4 Å². The van der Waals surface area contributed by atoms with E-state index in [4.69, 9.17) is 0 Å². The summed E-state index contributed by atoms with van der Waals surface area (Å²) < 4.78 is 2.15. The van der Waals surface area contributed by atoms with Crippen molar-refractivity contribution in [2.24, 2.45) is 12.5 Å². The lowest BCUT2D eigenvalue weighted by Gasteiger charge is -2.39. The van der Waals surface area contributed by atoms with Gasteiger partial charge >= 0.3 is 0 Å². The average Bonchev–Trinajstić information content (AvgIpc) is 3.20. The fourth-order valence-corrected chi connectivity index (χ4v) is 4.46. The first kappa shape index (κ1) is 16.8. The highest BCUT2D eigenvalue weighted by Gasteiger charge is 2.40. The molecule has 1 aromatic carbocycles. The van der Waals surface area contributed by atoms with Crippen molar-refractivity contribution in [1.82, 2.24) is 19.4 Å². The van der Waals surface area contributed by atoms with Crippen LogP contribution in [0.25, 0.3) is 0 Å². The normalized spacial score (nSPS) is 21.2.